The summed E-state index contributed by atoms with van der Waals surface area (Å²) in [5, 5.41) is 11.6. The summed E-state index contributed by atoms with van der Waals surface area (Å²) in [5.74, 6) is 1.36. The van der Waals surface area contributed by atoms with Crippen LogP contribution in [0.5, 0.6) is 0 Å². The van der Waals surface area contributed by atoms with Gasteiger partial charge in [-0.15, -0.1) is 0 Å². The first-order chi connectivity index (χ1) is 14.7. The minimum atomic E-state index is -0.0517. The SMILES string of the molecule is O=C(N[C@H]1CN2CCC1CC2)c1n[nH]c2ccc(N3CC[C@H](OCC4CC4)C3)cc12. The molecule has 1 aromatic carbocycles. The second-order valence-corrected chi connectivity index (χ2v) is 9.65. The molecule has 7 rings (SSSR count). The van der Waals surface area contributed by atoms with Gasteiger partial charge in [-0.2, -0.15) is 5.10 Å². The van der Waals surface area contributed by atoms with E-state index in [2.05, 4.69) is 37.4 Å². The third-order valence-corrected chi connectivity index (χ3v) is 7.51. The zero-order chi connectivity index (χ0) is 20.1. The first kappa shape index (κ1) is 18.6. The van der Waals surface area contributed by atoms with E-state index in [1.54, 1.807) is 0 Å². The molecular formula is C23H31N5O2. The van der Waals surface area contributed by atoms with E-state index in [0.717, 1.165) is 55.2 Å². The van der Waals surface area contributed by atoms with Crippen LogP contribution in [0.1, 0.15) is 42.6 Å². The quantitative estimate of drug-likeness (QED) is 0.766. The van der Waals surface area contributed by atoms with Crippen molar-refractivity contribution < 1.29 is 9.53 Å². The molecule has 0 spiro atoms. The van der Waals surface area contributed by atoms with Gasteiger partial charge < -0.3 is 19.9 Å². The fourth-order valence-corrected chi connectivity index (χ4v) is 5.39. The summed E-state index contributed by atoms with van der Waals surface area (Å²) in [5.41, 5.74) is 2.58. The molecule has 0 radical (unpaired) electrons. The Morgan fingerprint density at radius 3 is 2.77 bits per heavy atom. The number of fused-ring (bicyclic) bond motifs is 4. The molecule has 2 aromatic rings. The highest BCUT2D eigenvalue weighted by Gasteiger charge is 2.35. The molecule has 7 nitrogen and oxygen atoms in total. The minimum Gasteiger partial charge on any atom is -0.376 e. The second-order valence-electron chi connectivity index (χ2n) is 9.65. The van der Waals surface area contributed by atoms with Gasteiger partial charge in [0.2, 0.25) is 0 Å². The number of anilines is 1. The monoisotopic (exact) mass is 409 g/mol. The summed E-state index contributed by atoms with van der Waals surface area (Å²) >= 11 is 0. The van der Waals surface area contributed by atoms with Crippen molar-refractivity contribution in [2.45, 2.75) is 44.2 Å². The number of rotatable bonds is 6. The number of hydrogen-bond donors (Lipinski definition) is 2. The molecule has 7 heteroatoms. The Balaban J connectivity index is 1.16. The van der Waals surface area contributed by atoms with Crippen LogP contribution in [0, 0.1) is 11.8 Å². The van der Waals surface area contributed by atoms with E-state index in [1.807, 2.05) is 6.07 Å². The first-order valence-electron chi connectivity index (χ1n) is 11.6. The van der Waals surface area contributed by atoms with E-state index in [-0.39, 0.29) is 11.9 Å². The third kappa shape index (κ3) is 3.58. The molecule has 2 atom stereocenters. The maximum atomic E-state index is 13.1. The van der Waals surface area contributed by atoms with Crippen molar-refractivity contribution in [3.63, 3.8) is 0 Å². The number of ether oxygens (including phenoxy) is 1. The summed E-state index contributed by atoms with van der Waals surface area (Å²) in [6, 6.07) is 6.53. The van der Waals surface area contributed by atoms with Crippen molar-refractivity contribution in [3.05, 3.63) is 23.9 Å². The molecule has 1 aromatic heterocycles. The number of amides is 1. The summed E-state index contributed by atoms with van der Waals surface area (Å²) in [4.78, 5) is 17.9. The van der Waals surface area contributed by atoms with E-state index in [9.17, 15) is 4.79 Å². The molecule has 1 saturated carbocycles. The van der Waals surface area contributed by atoms with Crippen LogP contribution in [-0.2, 0) is 4.74 Å². The fraction of sp³-hybridized carbons (Fsp3) is 0.652. The normalized spacial score (nSPS) is 30.9. The number of piperidine rings is 3. The Labute approximate surface area is 177 Å². The van der Waals surface area contributed by atoms with Crippen molar-refractivity contribution >= 4 is 22.5 Å². The number of aromatic amines is 1. The highest BCUT2D eigenvalue weighted by Crippen LogP contribution is 2.32. The number of nitrogens with one attached hydrogen (secondary N) is 2. The van der Waals surface area contributed by atoms with E-state index in [0.29, 0.717) is 17.7 Å². The van der Waals surface area contributed by atoms with Gasteiger partial charge in [0.15, 0.2) is 5.69 Å². The Morgan fingerprint density at radius 1 is 1.13 bits per heavy atom. The van der Waals surface area contributed by atoms with Crippen molar-refractivity contribution in [2.24, 2.45) is 11.8 Å². The maximum Gasteiger partial charge on any atom is 0.272 e. The molecule has 4 aliphatic heterocycles. The average molecular weight is 410 g/mol. The molecule has 1 aliphatic carbocycles. The van der Waals surface area contributed by atoms with Crippen molar-refractivity contribution in [3.8, 4) is 0 Å². The molecule has 1 amide bonds. The number of H-pyrrole nitrogens is 1. The van der Waals surface area contributed by atoms with E-state index >= 15 is 0 Å². The van der Waals surface area contributed by atoms with Gasteiger partial charge in [-0.3, -0.25) is 9.89 Å². The predicted molar refractivity (Wildman–Crippen MR) is 116 cm³/mol. The number of benzene rings is 1. The largest absolute Gasteiger partial charge is 0.376 e. The van der Waals surface area contributed by atoms with E-state index < -0.39 is 0 Å². The number of carbonyl (C=O) groups excluding carboxylic acids is 1. The minimum absolute atomic E-state index is 0.0517. The summed E-state index contributed by atoms with van der Waals surface area (Å²) in [6.07, 6.45) is 6.44. The maximum absolute atomic E-state index is 13.1. The standard InChI is InChI=1S/C23H31N5O2/c29-23(24-21-13-27-8-5-16(21)6-9-27)22-19-11-17(3-4-20(19)25-26-22)28-10-7-18(12-28)30-14-15-1-2-15/h3-4,11,15-16,18,21H,1-2,5-10,12-14H2,(H,24,29)(H,25,26)/t18-,21-/m0/s1. The first-order valence-corrected chi connectivity index (χ1v) is 11.6. The van der Waals surface area contributed by atoms with Crippen molar-refractivity contribution in [1.29, 1.82) is 0 Å². The molecule has 5 fully saturated rings. The highest BCUT2D eigenvalue weighted by atomic mass is 16.5. The number of aromatic nitrogens is 2. The Bertz CT molecular complexity index is 931. The lowest BCUT2D eigenvalue weighted by atomic mass is 9.84. The summed E-state index contributed by atoms with van der Waals surface area (Å²) < 4.78 is 6.09. The lowest BCUT2D eigenvalue weighted by molar-refractivity contribution is 0.0605. The van der Waals surface area contributed by atoms with Gasteiger partial charge >= 0.3 is 0 Å². The molecule has 5 aliphatic rings. The lowest BCUT2D eigenvalue weighted by Gasteiger charge is -2.44. The van der Waals surface area contributed by atoms with Gasteiger partial charge in [0.1, 0.15) is 0 Å². The van der Waals surface area contributed by atoms with E-state index in [1.165, 1.54) is 38.8 Å². The van der Waals surface area contributed by atoms with Gasteiger partial charge in [-0.25, -0.2) is 0 Å². The third-order valence-electron chi connectivity index (χ3n) is 7.51. The lowest BCUT2D eigenvalue weighted by Crippen LogP contribution is -2.57. The van der Waals surface area contributed by atoms with Crippen molar-refractivity contribution in [2.75, 3.05) is 44.2 Å². The van der Waals surface area contributed by atoms with Crippen LogP contribution in [0.3, 0.4) is 0 Å². The molecule has 0 unspecified atom stereocenters. The van der Waals surface area contributed by atoms with Crippen LogP contribution in [0.25, 0.3) is 10.9 Å². The zero-order valence-electron chi connectivity index (χ0n) is 17.5. The Kier molecular flexibility index (Phi) is 4.68. The summed E-state index contributed by atoms with van der Waals surface area (Å²) in [6.45, 7) is 6.17. The highest BCUT2D eigenvalue weighted by molar-refractivity contribution is 6.05. The van der Waals surface area contributed by atoms with Crippen LogP contribution in [-0.4, -0.2) is 72.5 Å². The molecule has 4 saturated heterocycles. The predicted octanol–water partition coefficient (Wildman–Crippen LogP) is 2.39. The molecule has 160 valence electrons. The summed E-state index contributed by atoms with van der Waals surface area (Å²) in [7, 11) is 0. The molecule has 30 heavy (non-hydrogen) atoms. The van der Waals surface area contributed by atoms with Crippen LogP contribution < -0.4 is 10.2 Å². The molecule has 5 heterocycles. The fourth-order valence-electron chi connectivity index (χ4n) is 5.39. The Hall–Kier alpha value is -2.12. The van der Waals surface area contributed by atoms with E-state index in [4.69, 9.17) is 4.74 Å². The molecular weight excluding hydrogens is 378 g/mol. The number of nitrogens with zero attached hydrogens (tertiary/aromatic N) is 3. The molecule has 2 bridgehead atoms. The topological polar surface area (TPSA) is 73.5 Å². The van der Waals surface area contributed by atoms with Crippen LogP contribution in [0.2, 0.25) is 0 Å². The number of hydrogen-bond acceptors (Lipinski definition) is 5. The van der Waals surface area contributed by atoms with Gasteiger partial charge in [0.25, 0.3) is 5.91 Å². The van der Waals surface area contributed by atoms with Crippen LogP contribution in [0.15, 0.2) is 18.2 Å². The van der Waals surface area contributed by atoms with Gasteiger partial charge in [-0.1, -0.05) is 0 Å². The van der Waals surface area contributed by atoms with Gasteiger partial charge in [-0.05, 0) is 75.2 Å². The zero-order valence-corrected chi connectivity index (χ0v) is 17.5. The van der Waals surface area contributed by atoms with Gasteiger partial charge in [0, 0.05) is 43.4 Å². The second kappa shape index (κ2) is 7.54. The number of carbonyl (C=O) groups is 1. The van der Waals surface area contributed by atoms with Crippen LogP contribution in [0.4, 0.5) is 5.69 Å². The Morgan fingerprint density at radius 2 is 2.00 bits per heavy atom. The van der Waals surface area contributed by atoms with Crippen molar-refractivity contribution in [1.82, 2.24) is 20.4 Å². The van der Waals surface area contributed by atoms with Gasteiger partial charge in [0.05, 0.1) is 11.6 Å². The molecule has 2 N–H and O–H groups in total. The van der Waals surface area contributed by atoms with Crippen LogP contribution >= 0.6 is 0 Å². The smallest absolute Gasteiger partial charge is 0.272 e. The average Bonchev–Trinajstić information content (AvgIpc) is 3.32.